The van der Waals surface area contributed by atoms with Gasteiger partial charge >= 0.3 is 0 Å². The van der Waals surface area contributed by atoms with Crippen LogP contribution in [0.2, 0.25) is 0 Å². The number of anilines is 1. The Bertz CT molecular complexity index is 457. The summed E-state index contributed by atoms with van der Waals surface area (Å²) in [5.41, 5.74) is 7.71. The average molecular weight is 217 g/mol. The Hall–Kier alpha value is -1.55. The SMILES string of the molecule is Cc1ccc(Sc2ncccn2)cc1N. The van der Waals surface area contributed by atoms with Gasteiger partial charge in [-0.3, -0.25) is 0 Å². The molecule has 1 aromatic heterocycles. The van der Waals surface area contributed by atoms with Gasteiger partial charge in [-0.1, -0.05) is 6.07 Å². The average Bonchev–Trinajstić information content (AvgIpc) is 2.25. The third-order valence-electron chi connectivity index (χ3n) is 2.00. The Labute approximate surface area is 92.8 Å². The van der Waals surface area contributed by atoms with Crippen molar-refractivity contribution in [1.29, 1.82) is 0 Å². The molecule has 0 atom stereocenters. The molecule has 2 aromatic rings. The predicted molar refractivity (Wildman–Crippen MR) is 61.7 cm³/mol. The summed E-state index contributed by atoms with van der Waals surface area (Å²) in [6.45, 7) is 1.99. The van der Waals surface area contributed by atoms with Gasteiger partial charge in [0.15, 0.2) is 5.16 Å². The topological polar surface area (TPSA) is 51.8 Å². The van der Waals surface area contributed by atoms with Crippen LogP contribution in [0.1, 0.15) is 5.56 Å². The van der Waals surface area contributed by atoms with Gasteiger partial charge in [0, 0.05) is 23.0 Å². The van der Waals surface area contributed by atoms with Crippen LogP contribution < -0.4 is 5.73 Å². The summed E-state index contributed by atoms with van der Waals surface area (Å²) < 4.78 is 0. The highest BCUT2D eigenvalue weighted by Gasteiger charge is 2.00. The second-order valence-electron chi connectivity index (χ2n) is 3.15. The van der Waals surface area contributed by atoms with Crippen LogP contribution in [0.3, 0.4) is 0 Å². The largest absolute Gasteiger partial charge is 0.398 e. The van der Waals surface area contributed by atoms with Gasteiger partial charge < -0.3 is 5.73 Å². The van der Waals surface area contributed by atoms with Crippen molar-refractivity contribution in [2.45, 2.75) is 17.0 Å². The van der Waals surface area contributed by atoms with Crippen LogP contribution in [0.4, 0.5) is 5.69 Å². The first-order valence-corrected chi connectivity index (χ1v) is 5.38. The number of nitrogen functional groups attached to an aromatic ring is 1. The van der Waals surface area contributed by atoms with E-state index in [0.717, 1.165) is 21.3 Å². The number of aromatic nitrogens is 2. The number of aryl methyl sites for hydroxylation is 1. The van der Waals surface area contributed by atoms with Crippen LogP contribution in [-0.2, 0) is 0 Å². The lowest BCUT2D eigenvalue weighted by molar-refractivity contribution is 0.967. The molecule has 0 bridgehead atoms. The van der Waals surface area contributed by atoms with Crippen molar-refractivity contribution in [2.75, 3.05) is 5.73 Å². The van der Waals surface area contributed by atoms with Crippen LogP contribution in [-0.4, -0.2) is 9.97 Å². The number of nitrogens with two attached hydrogens (primary N) is 1. The van der Waals surface area contributed by atoms with Gasteiger partial charge in [-0.05, 0) is 42.4 Å². The maximum absolute atomic E-state index is 5.82. The lowest BCUT2D eigenvalue weighted by atomic mass is 10.2. The molecule has 0 saturated heterocycles. The standard InChI is InChI=1S/C11H11N3S/c1-8-3-4-9(7-10(8)12)15-11-13-5-2-6-14-11/h2-7H,12H2,1H3. The summed E-state index contributed by atoms with van der Waals surface area (Å²) in [6, 6.07) is 7.76. The summed E-state index contributed by atoms with van der Waals surface area (Å²) in [4.78, 5) is 9.33. The molecule has 0 radical (unpaired) electrons. The zero-order valence-electron chi connectivity index (χ0n) is 8.34. The Balaban J connectivity index is 2.22. The molecule has 0 amide bonds. The molecule has 3 nitrogen and oxygen atoms in total. The smallest absolute Gasteiger partial charge is 0.192 e. The molecule has 2 rings (SSSR count). The van der Waals surface area contributed by atoms with Gasteiger partial charge in [0.25, 0.3) is 0 Å². The molecule has 1 heterocycles. The van der Waals surface area contributed by atoms with Gasteiger partial charge in [-0.25, -0.2) is 9.97 Å². The van der Waals surface area contributed by atoms with E-state index in [1.54, 1.807) is 18.5 Å². The second kappa shape index (κ2) is 4.31. The highest BCUT2D eigenvalue weighted by Crippen LogP contribution is 2.26. The van der Waals surface area contributed by atoms with E-state index in [1.165, 1.54) is 11.8 Å². The fourth-order valence-corrected chi connectivity index (χ4v) is 1.89. The Kier molecular flexibility index (Phi) is 2.87. The summed E-state index contributed by atoms with van der Waals surface area (Å²) in [5, 5.41) is 0.737. The molecule has 0 aliphatic rings. The van der Waals surface area contributed by atoms with E-state index in [4.69, 9.17) is 5.73 Å². The Morgan fingerprint density at radius 1 is 1.20 bits per heavy atom. The first-order chi connectivity index (χ1) is 7.25. The summed E-state index contributed by atoms with van der Waals surface area (Å²) >= 11 is 1.51. The van der Waals surface area contributed by atoms with E-state index in [-0.39, 0.29) is 0 Å². The second-order valence-corrected chi connectivity index (χ2v) is 4.19. The van der Waals surface area contributed by atoms with E-state index >= 15 is 0 Å². The molecule has 0 saturated carbocycles. The fourth-order valence-electron chi connectivity index (χ4n) is 1.13. The first kappa shape index (κ1) is 9.98. The maximum Gasteiger partial charge on any atom is 0.192 e. The number of rotatable bonds is 2. The molecule has 4 heteroatoms. The lowest BCUT2D eigenvalue weighted by Gasteiger charge is -2.03. The van der Waals surface area contributed by atoms with Gasteiger partial charge in [0.1, 0.15) is 0 Å². The van der Waals surface area contributed by atoms with Crippen molar-refractivity contribution in [1.82, 2.24) is 9.97 Å². The predicted octanol–water partition coefficient (Wildman–Crippen LogP) is 2.52. The third kappa shape index (κ3) is 2.47. The summed E-state index contributed by atoms with van der Waals surface area (Å²) in [6.07, 6.45) is 3.46. The van der Waals surface area contributed by atoms with Crippen molar-refractivity contribution in [3.63, 3.8) is 0 Å². The minimum atomic E-state index is 0.737. The molecule has 1 aromatic carbocycles. The molecule has 15 heavy (non-hydrogen) atoms. The molecule has 0 spiro atoms. The van der Waals surface area contributed by atoms with E-state index in [2.05, 4.69) is 9.97 Å². The Morgan fingerprint density at radius 3 is 2.60 bits per heavy atom. The number of nitrogens with zero attached hydrogens (tertiary/aromatic N) is 2. The molecule has 2 N–H and O–H groups in total. The van der Waals surface area contributed by atoms with Crippen molar-refractivity contribution in [2.24, 2.45) is 0 Å². The van der Waals surface area contributed by atoms with E-state index < -0.39 is 0 Å². The lowest BCUT2D eigenvalue weighted by Crippen LogP contribution is -1.89. The van der Waals surface area contributed by atoms with Crippen molar-refractivity contribution < 1.29 is 0 Å². The summed E-state index contributed by atoms with van der Waals surface area (Å²) in [5.74, 6) is 0. The van der Waals surface area contributed by atoms with Crippen molar-refractivity contribution in [3.05, 3.63) is 42.2 Å². The number of hydrogen-bond acceptors (Lipinski definition) is 4. The van der Waals surface area contributed by atoms with Crippen LogP contribution in [0, 0.1) is 6.92 Å². The van der Waals surface area contributed by atoms with E-state index in [0.29, 0.717) is 0 Å². The number of hydrogen-bond donors (Lipinski definition) is 1. The highest BCUT2D eigenvalue weighted by atomic mass is 32.2. The van der Waals surface area contributed by atoms with Crippen LogP contribution in [0.25, 0.3) is 0 Å². The fraction of sp³-hybridized carbons (Fsp3) is 0.0909. The highest BCUT2D eigenvalue weighted by molar-refractivity contribution is 7.99. The summed E-state index contributed by atoms with van der Waals surface area (Å²) in [7, 11) is 0. The molecule has 0 unspecified atom stereocenters. The normalized spacial score (nSPS) is 10.2. The molecule has 0 fully saturated rings. The van der Waals surface area contributed by atoms with Crippen LogP contribution in [0.5, 0.6) is 0 Å². The van der Waals surface area contributed by atoms with E-state index in [9.17, 15) is 0 Å². The zero-order chi connectivity index (χ0) is 10.7. The van der Waals surface area contributed by atoms with E-state index in [1.807, 2.05) is 25.1 Å². The van der Waals surface area contributed by atoms with Gasteiger partial charge in [0.2, 0.25) is 0 Å². The minimum Gasteiger partial charge on any atom is -0.398 e. The Morgan fingerprint density at radius 2 is 1.93 bits per heavy atom. The molecule has 0 aliphatic carbocycles. The third-order valence-corrected chi connectivity index (χ3v) is 2.88. The quantitative estimate of drug-likeness (QED) is 0.620. The molecule has 0 aliphatic heterocycles. The maximum atomic E-state index is 5.82. The molecular formula is C11H11N3S. The van der Waals surface area contributed by atoms with Crippen molar-refractivity contribution in [3.8, 4) is 0 Å². The molecular weight excluding hydrogens is 206 g/mol. The molecule has 76 valence electrons. The van der Waals surface area contributed by atoms with Crippen LogP contribution >= 0.6 is 11.8 Å². The first-order valence-electron chi connectivity index (χ1n) is 4.57. The zero-order valence-corrected chi connectivity index (χ0v) is 9.16. The van der Waals surface area contributed by atoms with Gasteiger partial charge in [-0.15, -0.1) is 0 Å². The van der Waals surface area contributed by atoms with Crippen molar-refractivity contribution >= 4 is 17.4 Å². The minimum absolute atomic E-state index is 0.737. The van der Waals surface area contributed by atoms with Crippen LogP contribution in [0.15, 0.2) is 46.7 Å². The van der Waals surface area contributed by atoms with Gasteiger partial charge in [0.05, 0.1) is 0 Å². The number of benzene rings is 1. The van der Waals surface area contributed by atoms with Gasteiger partial charge in [-0.2, -0.15) is 0 Å². The monoisotopic (exact) mass is 217 g/mol.